The summed E-state index contributed by atoms with van der Waals surface area (Å²) >= 11 is 0. The molecule has 0 unspecified atom stereocenters. The summed E-state index contributed by atoms with van der Waals surface area (Å²) in [6.45, 7) is 0.469. The third kappa shape index (κ3) is 2.79. The van der Waals surface area contributed by atoms with Crippen molar-refractivity contribution in [3.63, 3.8) is 0 Å². The number of hydrogen-bond acceptors (Lipinski definition) is 5. The molecular formula is C12H12N2O4. The number of carboxylic acid groups (broad SMARTS) is 1. The first kappa shape index (κ1) is 12.0. The van der Waals surface area contributed by atoms with Crippen molar-refractivity contribution in [2.24, 2.45) is 0 Å². The lowest BCUT2D eigenvalue weighted by molar-refractivity contribution is 0.0690. The van der Waals surface area contributed by atoms with E-state index in [1.165, 1.54) is 0 Å². The van der Waals surface area contributed by atoms with Crippen molar-refractivity contribution < 1.29 is 19.1 Å². The number of methoxy groups -OCH3 is 1. The van der Waals surface area contributed by atoms with E-state index in [2.05, 4.69) is 10.3 Å². The van der Waals surface area contributed by atoms with Crippen LogP contribution in [0, 0.1) is 0 Å². The average Bonchev–Trinajstić information content (AvgIpc) is 2.85. The van der Waals surface area contributed by atoms with Gasteiger partial charge in [-0.15, -0.1) is 0 Å². The fourth-order valence-electron chi connectivity index (χ4n) is 1.41. The lowest BCUT2D eigenvalue weighted by atomic mass is 10.2. The number of aromatic carboxylic acids is 1. The van der Waals surface area contributed by atoms with Crippen LogP contribution in [0.4, 0.5) is 6.01 Å². The average molecular weight is 248 g/mol. The van der Waals surface area contributed by atoms with Crippen LogP contribution in [0.1, 0.15) is 16.1 Å². The normalized spacial score (nSPS) is 10.1. The lowest BCUT2D eigenvalue weighted by Crippen LogP contribution is -2.01. The number of oxazole rings is 1. The molecular weight excluding hydrogens is 236 g/mol. The smallest absolute Gasteiger partial charge is 0.357 e. The second-order valence-corrected chi connectivity index (χ2v) is 3.55. The first-order chi connectivity index (χ1) is 8.69. The van der Waals surface area contributed by atoms with E-state index >= 15 is 0 Å². The summed E-state index contributed by atoms with van der Waals surface area (Å²) in [6, 6.07) is 7.67. The fourth-order valence-corrected chi connectivity index (χ4v) is 1.41. The van der Waals surface area contributed by atoms with Gasteiger partial charge in [-0.2, -0.15) is 4.98 Å². The Hall–Kier alpha value is -2.50. The van der Waals surface area contributed by atoms with Gasteiger partial charge in [0.05, 0.1) is 7.11 Å². The van der Waals surface area contributed by atoms with Gasteiger partial charge in [0.1, 0.15) is 12.0 Å². The summed E-state index contributed by atoms with van der Waals surface area (Å²) < 4.78 is 10.1. The molecule has 2 aromatic rings. The predicted molar refractivity (Wildman–Crippen MR) is 63.8 cm³/mol. The second-order valence-electron chi connectivity index (χ2n) is 3.55. The number of ether oxygens (including phenoxy) is 1. The monoisotopic (exact) mass is 248 g/mol. The lowest BCUT2D eigenvalue weighted by Gasteiger charge is -2.04. The van der Waals surface area contributed by atoms with Crippen LogP contribution >= 0.6 is 0 Å². The number of aromatic nitrogens is 1. The van der Waals surface area contributed by atoms with Gasteiger partial charge in [-0.25, -0.2) is 4.79 Å². The molecule has 0 aliphatic carbocycles. The molecule has 0 saturated carbocycles. The van der Waals surface area contributed by atoms with Gasteiger partial charge in [0.25, 0.3) is 6.01 Å². The summed E-state index contributed by atoms with van der Waals surface area (Å²) in [6.07, 6.45) is 1.09. The van der Waals surface area contributed by atoms with Gasteiger partial charge in [-0.05, 0) is 17.7 Å². The zero-order valence-electron chi connectivity index (χ0n) is 9.71. The predicted octanol–water partition coefficient (Wildman–Crippen LogP) is 1.99. The Bertz CT molecular complexity index is 551. The van der Waals surface area contributed by atoms with Crippen LogP contribution in [0.25, 0.3) is 0 Å². The minimum absolute atomic E-state index is 0.122. The summed E-state index contributed by atoms with van der Waals surface area (Å²) in [5, 5.41) is 11.6. The van der Waals surface area contributed by atoms with E-state index in [0.29, 0.717) is 6.54 Å². The van der Waals surface area contributed by atoms with Crippen LogP contribution in [0.15, 0.2) is 34.9 Å². The molecule has 0 fully saturated rings. The molecule has 0 saturated heterocycles. The van der Waals surface area contributed by atoms with Gasteiger partial charge in [0, 0.05) is 6.54 Å². The Morgan fingerprint density at radius 3 is 3.06 bits per heavy atom. The Kier molecular flexibility index (Phi) is 3.47. The molecule has 18 heavy (non-hydrogen) atoms. The minimum atomic E-state index is -1.12. The van der Waals surface area contributed by atoms with Crippen molar-refractivity contribution in [1.29, 1.82) is 0 Å². The first-order valence-corrected chi connectivity index (χ1v) is 5.24. The Labute approximate surface area is 103 Å². The van der Waals surface area contributed by atoms with Crippen LogP contribution in [-0.2, 0) is 6.54 Å². The summed E-state index contributed by atoms with van der Waals surface area (Å²) in [5.41, 5.74) is 0.854. The number of hydrogen-bond donors (Lipinski definition) is 2. The van der Waals surface area contributed by atoms with Crippen molar-refractivity contribution in [3.05, 3.63) is 41.8 Å². The highest BCUT2D eigenvalue weighted by atomic mass is 16.5. The van der Waals surface area contributed by atoms with E-state index in [9.17, 15) is 4.79 Å². The van der Waals surface area contributed by atoms with E-state index < -0.39 is 5.97 Å². The number of rotatable bonds is 5. The molecule has 6 heteroatoms. The maximum Gasteiger partial charge on any atom is 0.357 e. The van der Waals surface area contributed by atoms with Gasteiger partial charge >= 0.3 is 5.97 Å². The van der Waals surface area contributed by atoms with Gasteiger partial charge < -0.3 is 19.6 Å². The topological polar surface area (TPSA) is 84.6 Å². The van der Waals surface area contributed by atoms with Crippen molar-refractivity contribution in [1.82, 2.24) is 4.98 Å². The van der Waals surface area contributed by atoms with Gasteiger partial charge in [-0.1, -0.05) is 12.1 Å². The van der Waals surface area contributed by atoms with Crippen molar-refractivity contribution >= 4 is 12.0 Å². The highest BCUT2D eigenvalue weighted by Crippen LogP contribution is 2.14. The minimum Gasteiger partial charge on any atom is -0.497 e. The number of anilines is 1. The fraction of sp³-hybridized carbons (Fsp3) is 0.167. The van der Waals surface area contributed by atoms with Crippen LogP contribution in [0.3, 0.4) is 0 Å². The number of nitrogens with one attached hydrogen (secondary N) is 1. The Morgan fingerprint density at radius 1 is 1.56 bits per heavy atom. The van der Waals surface area contributed by atoms with Gasteiger partial charge in [-0.3, -0.25) is 0 Å². The van der Waals surface area contributed by atoms with E-state index in [0.717, 1.165) is 17.6 Å². The van der Waals surface area contributed by atoms with E-state index in [1.54, 1.807) is 7.11 Å². The van der Waals surface area contributed by atoms with Crippen LogP contribution in [-0.4, -0.2) is 23.2 Å². The molecule has 0 amide bonds. The van der Waals surface area contributed by atoms with E-state index in [4.69, 9.17) is 14.3 Å². The molecule has 1 aromatic heterocycles. The Balaban J connectivity index is 1.99. The van der Waals surface area contributed by atoms with Crippen molar-refractivity contribution in [2.45, 2.75) is 6.54 Å². The molecule has 1 heterocycles. The van der Waals surface area contributed by atoms with Gasteiger partial charge in [0.2, 0.25) is 0 Å². The summed E-state index contributed by atoms with van der Waals surface area (Å²) in [4.78, 5) is 14.4. The molecule has 1 aromatic carbocycles. The SMILES string of the molecule is COc1cccc(CNc2nc(C(=O)O)co2)c1. The zero-order valence-corrected chi connectivity index (χ0v) is 9.71. The number of benzene rings is 1. The number of nitrogens with zero attached hydrogens (tertiary/aromatic N) is 1. The first-order valence-electron chi connectivity index (χ1n) is 5.24. The molecule has 94 valence electrons. The maximum absolute atomic E-state index is 10.6. The second kappa shape index (κ2) is 5.22. The van der Waals surface area contributed by atoms with Gasteiger partial charge in [0.15, 0.2) is 5.69 Å². The highest BCUT2D eigenvalue weighted by Gasteiger charge is 2.09. The molecule has 0 atom stereocenters. The van der Waals surface area contributed by atoms with E-state index in [1.807, 2.05) is 24.3 Å². The third-order valence-electron chi connectivity index (χ3n) is 2.30. The molecule has 2 rings (SSSR count). The quantitative estimate of drug-likeness (QED) is 0.841. The molecule has 0 aliphatic rings. The zero-order chi connectivity index (χ0) is 13.0. The number of carboxylic acids is 1. The molecule has 2 N–H and O–H groups in total. The van der Waals surface area contributed by atoms with Crippen LogP contribution in [0.5, 0.6) is 5.75 Å². The van der Waals surface area contributed by atoms with Crippen molar-refractivity contribution in [3.8, 4) is 5.75 Å². The largest absolute Gasteiger partial charge is 0.497 e. The van der Waals surface area contributed by atoms with Crippen LogP contribution in [0.2, 0.25) is 0 Å². The van der Waals surface area contributed by atoms with E-state index in [-0.39, 0.29) is 11.7 Å². The maximum atomic E-state index is 10.6. The van der Waals surface area contributed by atoms with Crippen molar-refractivity contribution in [2.75, 3.05) is 12.4 Å². The molecule has 0 radical (unpaired) electrons. The molecule has 6 nitrogen and oxygen atoms in total. The summed E-state index contributed by atoms with van der Waals surface area (Å²) in [7, 11) is 1.60. The Morgan fingerprint density at radius 2 is 2.39 bits per heavy atom. The standard InChI is InChI=1S/C12H12N2O4/c1-17-9-4-2-3-8(5-9)6-13-12-14-10(7-18-12)11(15)16/h2-5,7H,6H2,1H3,(H,13,14)(H,15,16). The molecule has 0 aliphatic heterocycles. The molecule has 0 bridgehead atoms. The summed E-state index contributed by atoms with van der Waals surface area (Å²) in [5.74, 6) is -0.360. The molecule has 0 spiro atoms. The number of carbonyl (C=O) groups is 1. The third-order valence-corrected chi connectivity index (χ3v) is 2.30. The highest BCUT2D eigenvalue weighted by molar-refractivity contribution is 5.85. The van der Waals surface area contributed by atoms with Crippen LogP contribution < -0.4 is 10.1 Å².